The van der Waals surface area contributed by atoms with Gasteiger partial charge in [0.05, 0.1) is 11.4 Å². The van der Waals surface area contributed by atoms with E-state index in [9.17, 15) is 0 Å². The summed E-state index contributed by atoms with van der Waals surface area (Å²) in [5.41, 5.74) is 9.42. The van der Waals surface area contributed by atoms with Crippen LogP contribution in [-0.2, 0) is 0 Å². The molecular weight excluding hydrogens is 412 g/mol. The highest BCUT2D eigenvalue weighted by molar-refractivity contribution is 5.98. The predicted molar refractivity (Wildman–Crippen MR) is 129 cm³/mol. The van der Waals surface area contributed by atoms with Crippen LogP contribution >= 0.6 is 0 Å². The van der Waals surface area contributed by atoms with E-state index in [4.69, 9.17) is 15.6 Å². The maximum atomic E-state index is 6.32. The lowest BCUT2D eigenvalue weighted by atomic mass is 9.60. The minimum absolute atomic E-state index is 0.361. The van der Waals surface area contributed by atoms with Crippen LogP contribution in [-0.4, -0.2) is 44.8 Å². The Hall–Kier alpha value is -3.45. The third kappa shape index (κ3) is 3.62. The van der Waals surface area contributed by atoms with Crippen molar-refractivity contribution in [2.24, 2.45) is 5.41 Å². The van der Waals surface area contributed by atoms with E-state index in [0.717, 1.165) is 46.6 Å². The fourth-order valence-electron chi connectivity index (χ4n) is 5.37. The third-order valence-electron chi connectivity index (χ3n) is 7.36. The van der Waals surface area contributed by atoms with Gasteiger partial charge in [0.15, 0.2) is 5.65 Å². The fourth-order valence-corrected chi connectivity index (χ4v) is 5.37. The number of hydrogen-bond donors (Lipinski definition) is 1. The van der Waals surface area contributed by atoms with Gasteiger partial charge >= 0.3 is 0 Å². The minimum atomic E-state index is 0.361. The number of benzene rings is 2. The van der Waals surface area contributed by atoms with E-state index in [1.165, 1.54) is 25.9 Å². The molecule has 0 amide bonds. The van der Waals surface area contributed by atoms with E-state index in [1.807, 2.05) is 54.6 Å². The van der Waals surface area contributed by atoms with Crippen LogP contribution in [0.5, 0.6) is 11.5 Å². The molecule has 2 N–H and O–H groups in total. The molecule has 4 aromatic rings. The van der Waals surface area contributed by atoms with Crippen molar-refractivity contribution in [3.63, 3.8) is 0 Å². The van der Waals surface area contributed by atoms with Crippen molar-refractivity contribution >= 4 is 16.9 Å². The number of rotatable bonds is 4. The van der Waals surface area contributed by atoms with Crippen LogP contribution in [0.3, 0.4) is 0 Å². The number of nitrogens with zero attached hydrogens (tertiary/aromatic N) is 5. The van der Waals surface area contributed by atoms with Gasteiger partial charge in [-0.25, -0.2) is 14.6 Å². The van der Waals surface area contributed by atoms with Crippen LogP contribution < -0.4 is 10.5 Å². The maximum Gasteiger partial charge on any atom is 0.164 e. The molecule has 0 bridgehead atoms. The minimum Gasteiger partial charge on any atom is -0.457 e. The Balaban J connectivity index is 1.30. The number of likely N-dealkylation sites (tertiary alicyclic amines) is 1. The molecule has 2 aromatic carbocycles. The molecule has 2 aromatic heterocycles. The summed E-state index contributed by atoms with van der Waals surface area (Å²) in [6, 6.07) is 18.1. The second kappa shape index (κ2) is 7.85. The summed E-state index contributed by atoms with van der Waals surface area (Å²) in [4.78, 5) is 11.3. The zero-order chi connectivity index (χ0) is 22.4. The molecule has 0 unspecified atom stereocenters. The summed E-state index contributed by atoms with van der Waals surface area (Å²) in [5, 5.41) is 5.86. The van der Waals surface area contributed by atoms with Gasteiger partial charge in [0, 0.05) is 5.56 Å². The summed E-state index contributed by atoms with van der Waals surface area (Å²) in [6.45, 7) is 2.37. The number of piperidine rings is 1. The highest BCUT2D eigenvalue weighted by Gasteiger charge is 2.47. The van der Waals surface area contributed by atoms with E-state index in [2.05, 4.69) is 26.6 Å². The Bertz CT molecular complexity index is 1270. The highest BCUT2D eigenvalue weighted by Crippen LogP contribution is 2.55. The zero-order valence-electron chi connectivity index (χ0n) is 18.8. The Labute approximate surface area is 193 Å². The average Bonchev–Trinajstić information content (AvgIpc) is 3.20. The van der Waals surface area contributed by atoms with Gasteiger partial charge in [-0.15, -0.1) is 0 Å². The van der Waals surface area contributed by atoms with E-state index >= 15 is 0 Å². The lowest BCUT2D eigenvalue weighted by molar-refractivity contribution is -0.00343. The molecule has 0 radical (unpaired) electrons. The highest BCUT2D eigenvalue weighted by atomic mass is 16.5. The second-order valence-corrected chi connectivity index (χ2v) is 9.56. The first kappa shape index (κ1) is 20.2. The predicted octanol–water partition coefficient (Wildman–Crippen LogP) is 4.91. The number of nitrogen functional groups attached to an aromatic ring is 1. The normalized spacial score (nSPS) is 18.5. The largest absolute Gasteiger partial charge is 0.457 e. The van der Waals surface area contributed by atoms with Crippen molar-refractivity contribution in [3.05, 3.63) is 60.9 Å². The van der Waals surface area contributed by atoms with Gasteiger partial charge < -0.3 is 15.4 Å². The van der Waals surface area contributed by atoms with Crippen molar-refractivity contribution in [1.82, 2.24) is 24.6 Å². The van der Waals surface area contributed by atoms with Crippen LogP contribution in [0, 0.1) is 5.41 Å². The second-order valence-electron chi connectivity index (χ2n) is 9.56. The van der Waals surface area contributed by atoms with E-state index < -0.39 is 0 Å². The molecular formula is C26H28N6O. The van der Waals surface area contributed by atoms with Gasteiger partial charge in [-0.2, -0.15) is 5.10 Å². The third-order valence-corrected chi connectivity index (χ3v) is 7.36. The molecule has 2 aliphatic rings. The van der Waals surface area contributed by atoms with Crippen LogP contribution in [0.2, 0.25) is 0 Å². The monoisotopic (exact) mass is 440 g/mol. The lowest BCUT2D eigenvalue weighted by Gasteiger charge is -2.51. The van der Waals surface area contributed by atoms with Crippen LogP contribution in [0.1, 0.15) is 31.7 Å². The molecule has 1 saturated carbocycles. The number of ether oxygens (including phenoxy) is 1. The molecule has 2 fully saturated rings. The Morgan fingerprint density at radius 2 is 1.64 bits per heavy atom. The number of anilines is 1. The number of fused-ring (bicyclic) bond motifs is 1. The first-order valence-electron chi connectivity index (χ1n) is 11.6. The maximum absolute atomic E-state index is 6.32. The molecule has 1 saturated heterocycles. The molecule has 33 heavy (non-hydrogen) atoms. The molecule has 3 heterocycles. The number of nitrogens with two attached hydrogens (primary N) is 1. The smallest absolute Gasteiger partial charge is 0.164 e. The first-order valence-corrected chi connectivity index (χ1v) is 11.6. The Kier molecular flexibility index (Phi) is 4.80. The van der Waals surface area contributed by atoms with Gasteiger partial charge in [-0.1, -0.05) is 18.2 Å². The molecule has 1 aliphatic carbocycles. The molecule has 1 spiro atoms. The van der Waals surface area contributed by atoms with E-state index in [0.29, 0.717) is 17.3 Å². The van der Waals surface area contributed by atoms with Gasteiger partial charge in [-0.3, -0.25) is 0 Å². The molecule has 7 nitrogen and oxygen atoms in total. The van der Waals surface area contributed by atoms with Crippen LogP contribution in [0.15, 0.2) is 60.9 Å². The summed E-state index contributed by atoms with van der Waals surface area (Å²) in [7, 11) is 2.21. The van der Waals surface area contributed by atoms with Gasteiger partial charge in [0.1, 0.15) is 29.3 Å². The summed E-state index contributed by atoms with van der Waals surface area (Å²) >= 11 is 0. The summed E-state index contributed by atoms with van der Waals surface area (Å²) in [6.07, 6.45) is 6.40. The number of para-hydroxylation sites is 1. The van der Waals surface area contributed by atoms with Crippen molar-refractivity contribution in [3.8, 4) is 22.8 Å². The van der Waals surface area contributed by atoms with Crippen molar-refractivity contribution < 1.29 is 4.74 Å². The zero-order valence-corrected chi connectivity index (χ0v) is 18.8. The standard InChI is InChI=1S/C26H28N6O/c1-31-13-11-26(12-14-31)15-19(16-26)32-25-22(24(27)28-17-29-25)23(30-32)18-7-9-21(10-8-18)33-20-5-3-2-4-6-20/h2-10,17,19H,11-16H2,1H3,(H2,27,28,29). The van der Waals surface area contributed by atoms with Gasteiger partial charge in [0.2, 0.25) is 0 Å². The van der Waals surface area contributed by atoms with Crippen molar-refractivity contribution in [2.75, 3.05) is 25.9 Å². The van der Waals surface area contributed by atoms with E-state index in [-0.39, 0.29) is 0 Å². The van der Waals surface area contributed by atoms with Gasteiger partial charge in [-0.05, 0) is 87.6 Å². The quantitative estimate of drug-likeness (QED) is 0.485. The van der Waals surface area contributed by atoms with Gasteiger partial charge in [0.25, 0.3) is 0 Å². The fraction of sp³-hybridized carbons (Fsp3) is 0.346. The average molecular weight is 441 g/mol. The van der Waals surface area contributed by atoms with E-state index in [1.54, 1.807) is 6.33 Å². The lowest BCUT2D eigenvalue weighted by Crippen LogP contribution is -2.46. The molecule has 7 heteroatoms. The summed E-state index contributed by atoms with van der Waals surface area (Å²) in [5.74, 6) is 2.06. The number of hydrogen-bond acceptors (Lipinski definition) is 6. The van der Waals surface area contributed by atoms with Crippen LogP contribution in [0.25, 0.3) is 22.3 Å². The van der Waals surface area contributed by atoms with Crippen molar-refractivity contribution in [2.45, 2.75) is 31.7 Å². The molecule has 1 aliphatic heterocycles. The number of aromatic nitrogens is 4. The Morgan fingerprint density at radius 3 is 2.36 bits per heavy atom. The molecule has 6 rings (SSSR count). The SMILES string of the molecule is CN1CCC2(CC1)CC(n1nc(-c3ccc(Oc4ccccc4)cc3)c3c(N)ncnc31)C2. The summed E-state index contributed by atoms with van der Waals surface area (Å²) < 4.78 is 8.04. The molecule has 168 valence electrons. The molecule has 0 atom stereocenters. The van der Waals surface area contributed by atoms with Crippen LogP contribution in [0.4, 0.5) is 5.82 Å². The first-order chi connectivity index (χ1) is 16.1. The van der Waals surface area contributed by atoms with Crippen molar-refractivity contribution in [1.29, 1.82) is 0 Å². The Morgan fingerprint density at radius 1 is 0.939 bits per heavy atom. The topological polar surface area (TPSA) is 82.1 Å².